The van der Waals surface area contributed by atoms with E-state index >= 15 is 0 Å². The number of nitrogens with zero attached hydrogens (tertiary/aromatic N) is 1. The number of likely N-dealkylation sites (N-methyl/N-ethyl adjacent to an activating group) is 1. The third-order valence-electron chi connectivity index (χ3n) is 10.4. The fraction of sp³-hybridized carbons (Fsp3) is 0.222. The summed E-state index contributed by atoms with van der Waals surface area (Å²) in [5.74, 6) is -12.5. The lowest BCUT2D eigenvalue weighted by molar-refractivity contribution is -0.253. The molecule has 56 heavy (non-hydrogen) atoms. The third-order valence-corrected chi connectivity index (χ3v) is 10.4. The van der Waals surface area contributed by atoms with Crippen molar-refractivity contribution in [2.24, 2.45) is 0 Å². The lowest BCUT2D eigenvalue weighted by atomic mass is 9.98. The van der Waals surface area contributed by atoms with Gasteiger partial charge in [-0.1, -0.05) is 103 Å². The van der Waals surface area contributed by atoms with Crippen LogP contribution in [0.2, 0.25) is 0 Å². The molecule has 1 saturated heterocycles. The van der Waals surface area contributed by atoms with Gasteiger partial charge in [0, 0.05) is 31.1 Å². The molecule has 11 heteroatoms. The van der Waals surface area contributed by atoms with Crippen LogP contribution in [0.5, 0.6) is 0 Å². The maximum absolute atomic E-state index is 14.2. The third kappa shape index (κ3) is 8.22. The molecule has 0 spiro atoms. The number of fused-ring (bicyclic) bond motifs is 1. The first-order valence-electron chi connectivity index (χ1n) is 18.2. The van der Waals surface area contributed by atoms with Gasteiger partial charge in [-0.25, -0.2) is 22.0 Å². The number of carbonyl (C=O) groups is 1. The van der Waals surface area contributed by atoms with Crippen molar-refractivity contribution in [1.29, 1.82) is 0 Å². The molecule has 2 N–H and O–H groups in total. The Hall–Kier alpha value is -5.46. The minimum absolute atomic E-state index is 0.0556. The van der Waals surface area contributed by atoms with Gasteiger partial charge < -0.3 is 19.9 Å². The number of halogens is 5. The first kappa shape index (κ1) is 38.8. The molecule has 0 radical (unpaired) electrons. The number of hydrogen-bond donors (Lipinski definition) is 2. The van der Waals surface area contributed by atoms with E-state index in [2.05, 4.69) is 54.5 Å². The topological polar surface area (TPSA) is 71.0 Å². The van der Waals surface area contributed by atoms with Gasteiger partial charge in [-0.2, -0.15) is 0 Å². The fourth-order valence-electron chi connectivity index (χ4n) is 7.00. The van der Waals surface area contributed by atoms with Gasteiger partial charge in [0.05, 0.1) is 18.8 Å². The molecule has 0 unspecified atom stereocenters. The number of amides is 1. The number of carbonyl (C=O) groups excluding carboxylic acids is 1. The second-order valence-corrected chi connectivity index (χ2v) is 14.0. The fourth-order valence-corrected chi connectivity index (χ4v) is 7.00. The average molecular weight is 767 g/mol. The molecule has 7 rings (SSSR count). The Kier molecular flexibility index (Phi) is 11.6. The molecular formula is C45H39F5N2O4. The number of aliphatic hydroxyl groups excluding tert-OH is 1. The van der Waals surface area contributed by atoms with Gasteiger partial charge in [-0.3, -0.25) is 9.69 Å². The lowest BCUT2D eigenvalue weighted by Crippen LogP contribution is -2.38. The van der Waals surface area contributed by atoms with E-state index in [1.807, 2.05) is 66.7 Å². The van der Waals surface area contributed by atoms with Crippen LogP contribution in [0, 0.1) is 29.1 Å². The molecule has 6 aromatic rings. The number of ether oxygens (including phenoxy) is 2. The summed E-state index contributed by atoms with van der Waals surface area (Å²) in [6.07, 6.45) is -0.513. The Morgan fingerprint density at radius 3 is 2.09 bits per heavy atom. The highest BCUT2D eigenvalue weighted by atomic mass is 19.2. The van der Waals surface area contributed by atoms with Crippen LogP contribution in [0.15, 0.2) is 115 Å². The van der Waals surface area contributed by atoms with Crippen LogP contribution in [-0.4, -0.2) is 35.6 Å². The van der Waals surface area contributed by atoms with Crippen molar-refractivity contribution in [2.45, 2.75) is 51.0 Å². The summed E-state index contributed by atoms with van der Waals surface area (Å²) in [6.45, 7) is 2.54. The second-order valence-electron chi connectivity index (χ2n) is 14.0. The summed E-state index contributed by atoms with van der Waals surface area (Å²) in [5.41, 5.74) is 4.35. The molecule has 0 aliphatic carbocycles. The van der Waals surface area contributed by atoms with Gasteiger partial charge in [0.2, 0.25) is 5.82 Å². The Morgan fingerprint density at radius 2 is 1.39 bits per heavy atom. The van der Waals surface area contributed by atoms with Gasteiger partial charge in [-0.05, 0) is 70.3 Å². The monoisotopic (exact) mass is 766 g/mol. The molecule has 1 aliphatic heterocycles. The van der Waals surface area contributed by atoms with Crippen molar-refractivity contribution in [1.82, 2.24) is 10.2 Å². The van der Waals surface area contributed by atoms with Crippen molar-refractivity contribution < 1.29 is 41.3 Å². The molecule has 288 valence electrons. The maximum atomic E-state index is 14.2. The Balaban J connectivity index is 1.06. The van der Waals surface area contributed by atoms with Gasteiger partial charge in [-0.15, -0.1) is 0 Å². The normalized spacial score (nSPS) is 17.6. The summed E-state index contributed by atoms with van der Waals surface area (Å²) in [4.78, 5) is 14.8. The molecule has 1 heterocycles. The van der Waals surface area contributed by atoms with Crippen LogP contribution in [0.3, 0.4) is 0 Å². The molecule has 0 bridgehead atoms. The van der Waals surface area contributed by atoms with Crippen molar-refractivity contribution in [3.05, 3.63) is 178 Å². The minimum atomic E-state index is -2.33. The molecule has 0 aromatic heterocycles. The van der Waals surface area contributed by atoms with Crippen LogP contribution in [0.4, 0.5) is 22.0 Å². The summed E-state index contributed by atoms with van der Waals surface area (Å²) in [7, 11) is 2.09. The van der Waals surface area contributed by atoms with E-state index in [-0.39, 0.29) is 31.4 Å². The first-order chi connectivity index (χ1) is 27.0. The first-order valence-corrected chi connectivity index (χ1v) is 18.2. The van der Waals surface area contributed by atoms with Crippen LogP contribution < -0.4 is 5.32 Å². The number of rotatable bonds is 11. The summed E-state index contributed by atoms with van der Waals surface area (Å²) >= 11 is 0. The maximum Gasteiger partial charge on any atom is 0.257 e. The molecule has 4 atom stereocenters. The zero-order valence-corrected chi connectivity index (χ0v) is 30.6. The van der Waals surface area contributed by atoms with Crippen LogP contribution in [-0.2, 0) is 22.6 Å². The number of aliphatic hydroxyl groups is 1. The van der Waals surface area contributed by atoms with Crippen molar-refractivity contribution in [3.8, 4) is 11.1 Å². The predicted octanol–water partition coefficient (Wildman–Crippen LogP) is 9.86. The zero-order valence-electron chi connectivity index (χ0n) is 30.6. The van der Waals surface area contributed by atoms with E-state index in [1.54, 1.807) is 18.2 Å². The highest BCUT2D eigenvalue weighted by molar-refractivity contribution is 5.94. The van der Waals surface area contributed by atoms with E-state index in [1.165, 1.54) is 16.3 Å². The van der Waals surface area contributed by atoms with E-state index in [9.17, 15) is 31.9 Å². The van der Waals surface area contributed by atoms with Crippen LogP contribution >= 0.6 is 0 Å². The molecule has 6 nitrogen and oxygen atoms in total. The van der Waals surface area contributed by atoms with Gasteiger partial charge in [0.15, 0.2) is 29.6 Å². The van der Waals surface area contributed by atoms with E-state index < -0.39 is 46.8 Å². The van der Waals surface area contributed by atoms with Gasteiger partial charge in [0.1, 0.15) is 5.56 Å². The Labute approximate surface area is 321 Å². The number of benzene rings is 6. The molecule has 1 fully saturated rings. The van der Waals surface area contributed by atoms with Gasteiger partial charge in [0.25, 0.3) is 5.91 Å². The van der Waals surface area contributed by atoms with Crippen molar-refractivity contribution in [3.63, 3.8) is 0 Å². The lowest BCUT2D eigenvalue weighted by Gasteiger charge is -2.39. The number of hydrogen-bond acceptors (Lipinski definition) is 5. The molecule has 1 amide bonds. The summed E-state index contributed by atoms with van der Waals surface area (Å²) in [6, 6.07) is 37.3. The van der Waals surface area contributed by atoms with Crippen LogP contribution in [0.1, 0.15) is 70.0 Å². The summed E-state index contributed by atoms with van der Waals surface area (Å²) < 4.78 is 82.3. The number of nitrogens with one attached hydrogen (secondary N) is 1. The molecule has 1 aliphatic rings. The minimum Gasteiger partial charge on any atom is -0.392 e. The highest BCUT2D eigenvalue weighted by Gasteiger charge is 2.34. The smallest absolute Gasteiger partial charge is 0.257 e. The highest BCUT2D eigenvalue weighted by Crippen LogP contribution is 2.39. The Bertz CT molecular complexity index is 2330. The largest absolute Gasteiger partial charge is 0.392 e. The molecule has 6 aromatic carbocycles. The second kappa shape index (κ2) is 16.7. The van der Waals surface area contributed by atoms with E-state index in [0.717, 1.165) is 27.8 Å². The molecular weight excluding hydrogens is 727 g/mol. The van der Waals surface area contributed by atoms with E-state index in [0.29, 0.717) is 18.5 Å². The van der Waals surface area contributed by atoms with Crippen molar-refractivity contribution >= 4 is 16.7 Å². The molecule has 0 saturated carbocycles. The average Bonchev–Trinajstić information content (AvgIpc) is 3.24. The standard InChI is InChI=1S/C45H39F5N2O4/c1-26(33-19-16-29-7-3-4-8-35(29)21-33)52(2)24-36-22-37(31-12-10-27(25-53)11-13-31)56-45(55-36)32-17-14-30(15-18-32)34-9-5-6-28(20-34)23-51-44(54)38-39(46)41(48)43(50)42(49)40(38)47/h3-21,26,36-37,45,53H,22-25H2,1-2H3,(H,51,54)/t26-,36+,37-,45-/m1/s1. The SMILES string of the molecule is C[C@H](c1ccc2ccccc2c1)N(C)C[C@@H]1C[C@H](c2ccc(CO)cc2)O[C@H](c2ccc(-c3cccc(CNC(=O)c4c(F)c(F)c(F)c(F)c4F)c3)cc2)O1. The predicted molar refractivity (Wildman–Crippen MR) is 203 cm³/mol. The van der Waals surface area contributed by atoms with Crippen LogP contribution in [0.25, 0.3) is 21.9 Å². The Morgan fingerprint density at radius 1 is 0.732 bits per heavy atom. The summed E-state index contributed by atoms with van der Waals surface area (Å²) in [5, 5.41) is 14.2. The quantitative estimate of drug-likeness (QED) is 0.0781. The van der Waals surface area contributed by atoms with Gasteiger partial charge >= 0.3 is 0 Å². The van der Waals surface area contributed by atoms with E-state index in [4.69, 9.17) is 9.47 Å². The van der Waals surface area contributed by atoms with Crippen molar-refractivity contribution in [2.75, 3.05) is 13.6 Å². The zero-order chi connectivity index (χ0) is 39.5.